The fourth-order valence-corrected chi connectivity index (χ4v) is 12.6. The number of nitrogens with zero attached hydrogens (tertiary/aromatic N) is 1. The SMILES string of the molecule is CCCCCCCCCCCCCCCCCCCCCCCCCCCCCCCCCCCCC(=O)NC(COP(=O)([O-])OCC[N+](C)(C)C)C(O)CCCCCCCCCCCCCCCCCCCCCCCCCCC. The second kappa shape index (κ2) is 64.0. The van der Waals surface area contributed by atoms with Crippen LogP contribution >= 0.6 is 7.82 Å². The van der Waals surface area contributed by atoms with Gasteiger partial charge in [0.2, 0.25) is 5.91 Å². The number of aliphatic hydroxyl groups excluding tert-OH is 1. The summed E-state index contributed by atoms with van der Waals surface area (Å²) in [6, 6.07) is -0.797. The van der Waals surface area contributed by atoms with E-state index in [0.717, 1.165) is 38.5 Å². The number of amides is 1. The van der Waals surface area contributed by atoms with Gasteiger partial charge in [0.25, 0.3) is 7.82 Å². The third-order valence-electron chi connectivity index (χ3n) is 17.6. The average molecular weight is 1170 g/mol. The van der Waals surface area contributed by atoms with E-state index in [1.807, 2.05) is 21.1 Å². The summed E-state index contributed by atoms with van der Waals surface area (Å²) < 4.78 is 23.6. The Kier molecular flexibility index (Phi) is 63.6. The zero-order valence-corrected chi connectivity index (χ0v) is 56.7. The molecule has 2 N–H and O–H groups in total. The Morgan fingerprint density at radius 3 is 0.840 bits per heavy atom. The first-order valence-electron chi connectivity index (χ1n) is 36.9. The summed E-state index contributed by atoms with van der Waals surface area (Å²) in [7, 11) is 1.33. The van der Waals surface area contributed by atoms with E-state index in [1.165, 1.54) is 340 Å². The Morgan fingerprint density at radius 1 is 0.383 bits per heavy atom. The molecule has 3 unspecified atom stereocenters. The van der Waals surface area contributed by atoms with Crippen LogP contribution in [0.1, 0.15) is 406 Å². The summed E-state index contributed by atoms with van der Waals surface area (Å²) >= 11 is 0. The normalized spacial score (nSPS) is 13.5. The van der Waals surface area contributed by atoms with Gasteiger partial charge < -0.3 is 28.8 Å². The number of rotatable bonds is 70. The van der Waals surface area contributed by atoms with Crippen molar-refractivity contribution >= 4 is 13.7 Å². The van der Waals surface area contributed by atoms with Crippen molar-refractivity contribution < 1.29 is 32.9 Å². The second-order valence-electron chi connectivity index (χ2n) is 27.0. The summed E-state index contributed by atoms with van der Waals surface area (Å²) in [5, 5.41) is 14.1. The maximum Gasteiger partial charge on any atom is 0.268 e. The van der Waals surface area contributed by atoms with Crippen LogP contribution in [0.15, 0.2) is 0 Å². The van der Waals surface area contributed by atoms with Crippen molar-refractivity contribution in [2.75, 3.05) is 40.9 Å². The van der Waals surface area contributed by atoms with E-state index in [2.05, 4.69) is 19.2 Å². The van der Waals surface area contributed by atoms with Crippen molar-refractivity contribution in [2.24, 2.45) is 0 Å². The van der Waals surface area contributed by atoms with Crippen molar-refractivity contribution in [3.8, 4) is 0 Å². The van der Waals surface area contributed by atoms with Crippen LogP contribution in [0.3, 0.4) is 0 Å². The van der Waals surface area contributed by atoms with Gasteiger partial charge in [0.05, 0.1) is 39.9 Å². The van der Waals surface area contributed by atoms with E-state index in [-0.39, 0.29) is 19.1 Å². The standard InChI is InChI=1S/C72H147N2O6P/c1-6-8-10-12-14-16-18-20-22-24-26-28-30-32-33-34-35-36-37-38-39-40-42-44-46-48-50-52-54-56-58-60-62-64-66-72(76)73-70(69-80-81(77,78)79-68-67-74(3,4)5)71(75)65-63-61-59-57-55-53-51-49-47-45-43-41-31-29-27-25-23-21-19-17-15-13-11-9-7-2/h70-71,75H,6-69H2,1-5H3,(H-,73,76,77,78). The van der Waals surface area contributed by atoms with E-state index < -0.39 is 20.0 Å². The Balaban J connectivity index is 3.93. The van der Waals surface area contributed by atoms with E-state index in [1.54, 1.807) is 0 Å². The van der Waals surface area contributed by atoms with Crippen LogP contribution in [0.25, 0.3) is 0 Å². The first kappa shape index (κ1) is 80.5. The molecule has 0 aliphatic heterocycles. The van der Waals surface area contributed by atoms with Crippen LogP contribution in [0.5, 0.6) is 0 Å². The summed E-state index contributed by atoms with van der Waals surface area (Å²) in [6.07, 6.45) is 80.6. The highest BCUT2D eigenvalue weighted by Gasteiger charge is 2.24. The third-order valence-corrected chi connectivity index (χ3v) is 18.6. The lowest BCUT2D eigenvalue weighted by Gasteiger charge is -2.30. The van der Waals surface area contributed by atoms with E-state index in [4.69, 9.17) is 9.05 Å². The monoisotopic (exact) mass is 1170 g/mol. The number of carbonyl (C=O) groups is 1. The van der Waals surface area contributed by atoms with Crippen molar-refractivity contribution in [3.63, 3.8) is 0 Å². The van der Waals surface area contributed by atoms with E-state index >= 15 is 0 Å². The number of quaternary nitrogens is 1. The molecule has 81 heavy (non-hydrogen) atoms. The van der Waals surface area contributed by atoms with Crippen LogP contribution in [0.2, 0.25) is 0 Å². The Hall–Kier alpha value is -0.500. The number of hydrogen-bond donors (Lipinski definition) is 2. The van der Waals surface area contributed by atoms with Gasteiger partial charge in [-0.05, 0) is 12.8 Å². The van der Waals surface area contributed by atoms with Gasteiger partial charge in [-0.3, -0.25) is 9.36 Å². The van der Waals surface area contributed by atoms with Crippen LogP contribution in [-0.2, 0) is 18.4 Å². The predicted molar refractivity (Wildman–Crippen MR) is 353 cm³/mol. The summed E-state index contributed by atoms with van der Waals surface area (Å²) in [5.74, 6) is -0.153. The zero-order valence-electron chi connectivity index (χ0n) is 55.8. The summed E-state index contributed by atoms with van der Waals surface area (Å²) in [5.41, 5.74) is 0. The summed E-state index contributed by atoms with van der Waals surface area (Å²) in [4.78, 5) is 25.7. The van der Waals surface area contributed by atoms with Crippen LogP contribution in [0, 0.1) is 0 Å². The summed E-state index contributed by atoms with van der Waals surface area (Å²) in [6.45, 7) is 4.80. The molecule has 0 aromatic rings. The molecule has 0 heterocycles. The molecular weight excluding hydrogens is 1020 g/mol. The molecule has 1 amide bonds. The van der Waals surface area contributed by atoms with Gasteiger partial charge in [-0.25, -0.2) is 0 Å². The molecule has 0 radical (unpaired) electrons. The van der Waals surface area contributed by atoms with Crippen molar-refractivity contribution in [3.05, 3.63) is 0 Å². The Morgan fingerprint density at radius 2 is 0.605 bits per heavy atom. The second-order valence-corrected chi connectivity index (χ2v) is 28.4. The zero-order chi connectivity index (χ0) is 59.1. The van der Waals surface area contributed by atoms with Crippen LogP contribution in [0.4, 0.5) is 0 Å². The molecule has 0 saturated heterocycles. The van der Waals surface area contributed by atoms with Crippen molar-refractivity contribution in [1.82, 2.24) is 5.32 Å². The molecule has 3 atom stereocenters. The predicted octanol–water partition coefficient (Wildman–Crippen LogP) is 22.9. The molecule has 0 aromatic carbocycles. The largest absolute Gasteiger partial charge is 0.756 e. The smallest absolute Gasteiger partial charge is 0.268 e. The molecule has 8 nitrogen and oxygen atoms in total. The number of likely N-dealkylation sites (N-methyl/N-ethyl adjacent to an activating group) is 1. The molecule has 0 saturated carbocycles. The maximum absolute atomic E-state index is 13.1. The highest BCUT2D eigenvalue weighted by atomic mass is 31.2. The number of hydrogen-bond acceptors (Lipinski definition) is 6. The van der Waals surface area contributed by atoms with E-state index in [0.29, 0.717) is 23.9 Å². The minimum Gasteiger partial charge on any atom is -0.756 e. The number of aliphatic hydroxyl groups is 1. The van der Waals surface area contributed by atoms with Gasteiger partial charge in [0.1, 0.15) is 13.2 Å². The molecule has 0 aromatic heterocycles. The van der Waals surface area contributed by atoms with Crippen LogP contribution < -0.4 is 10.2 Å². The lowest BCUT2D eigenvalue weighted by molar-refractivity contribution is -0.870. The Labute approximate surface area is 508 Å². The molecule has 0 rings (SSSR count). The quantitative estimate of drug-likeness (QED) is 0.0357. The molecule has 0 spiro atoms. The molecule has 0 aliphatic rings. The molecule has 0 fully saturated rings. The fourth-order valence-electron chi connectivity index (χ4n) is 11.9. The van der Waals surface area contributed by atoms with Gasteiger partial charge in [-0.2, -0.15) is 0 Å². The highest BCUT2D eigenvalue weighted by molar-refractivity contribution is 7.45. The van der Waals surface area contributed by atoms with Gasteiger partial charge in [-0.15, -0.1) is 0 Å². The topological polar surface area (TPSA) is 108 Å². The number of phosphoric acid groups is 1. The lowest BCUT2D eigenvalue weighted by Crippen LogP contribution is -2.46. The van der Waals surface area contributed by atoms with Gasteiger partial charge in [-0.1, -0.05) is 386 Å². The van der Waals surface area contributed by atoms with Gasteiger partial charge in [0, 0.05) is 6.42 Å². The van der Waals surface area contributed by atoms with Gasteiger partial charge in [0.15, 0.2) is 0 Å². The number of nitrogens with one attached hydrogen (secondary N) is 1. The average Bonchev–Trinajstić information content (AvgIpc) is 3.43. The highest BCUT2D eigenvalue weighted by Crippen LogP contribution is 2.38. The Bertz CT molecular complexity index is 1280. The fraction of sp³-hybridized carbons (Fsp3) is 0.986. The van der Waals surface area contributed by atoms with Crippen molar-refractivity contribution in [2.45, 2.75) is 418 Å². The first-order valence-corrected chi connectivity index (χ1v) is 38.3. The van der Waals surface area contributed by atoms with Crippen LogP contribution in [-0.4, -0.2) is 68.5 Å². The third kappa shape index (κ3) is 66.9. The maximum atomic E-state index is 13.1. The number of unbranched alkanes of at least 4 members (excludes halogenated alkanes) is 57. The molecule has 0 bridgehead atoms. The van der Waals surface area contributed by atoms with E-state index in [9.17, 15) is 19.4 Å². The molecular formula is C72H147N2O6P. The van der Waals surface area contributed by atoms with Crippen molar-refractivity contribution in [1.29, 1.82) is 0 Å². The minimum absolute atomic E-state index is 0.0170. The first-order chi connectivity index (χ1) is 39.5. The lowest BCUT2D eigenvalue weighted by atomic mass is 10.0. The minimum atomic E-state index is -4.58. The van der Waals surface area contributed by atoms with Gasteiger partial charge >= 0.3 is 0 Å². The molecule has 486 valence electrons. The molecule has 9 heteroatoms. The number of carbonyl (C=O) groups excluding carboxylic acids is 1. The number of phosphoric ester groups is 1. The molecule has 0 aliphatic carbocycles.